The molecule has 2 rings (SSSR count). The maximum absolute atomic E-state index is 14.0. The number of hydrogen-bond acceptors (Lipinski definition) is 1. The summed E-state index contributed by atoms with van der Waals surface area (Å²) in [5, 5.41) is 3.18. The standard InChI is InChI=1S/C14H12BrFIN/c1-18-14(10-4-2-3-5-13(10)17)11-8-9(15)6-7-12(11)16/h2-8,14,18H,1H3. The average molecular weight is 420 g/mol. The molecule has 1 N–H and O–H groups in total. The van der Waals surface area contributed by atoms with E-state index in [4.69, 9.17) is 0 Å². The summed E-state index contributed by atoms with van der Waals surface area (Å²) >= 11 is 5.66. The first-order valence-electron chi connectivity index (χ1n) is 5.50. The van der Waals surface area contributed by atoms with E-state index in [0.717, 1.165) is 13.6 Å². The molecule has 0 aliphatic rings. The molecular weight excluding hydrogens is 408 g/mol. The van der Waals surface area contributed by atoms with Gasteiger partial charge in [-0.25, -0.2) is 4.39 Å². The fourth-order valence-electron chi connectivity index (χ4n) is 1.92. The largest absolute Gasteiger partial charge is 0.309 e. The lowest BCUT2D eigenvalue weighted by Gasteiger charge is -2.19. The van der Waals surface area contributed by atoms with Crippen LogP contribution in [0.1, 0.15) is 17.2 Å². The van der Waals surface area contributed by atoms with Crippen molar-refractivity contribution in [2.24, 2.45) is 0 Å². The summed E-state index contributed by atoms with van der Waals surface area (Å²) in [7, 11) is 1.84. The minimum Gasteiger partial charge on any atom is -0.309 e. The highest BCUT2D eigenvalue weighted by atomic mass is 127. The maximum Gasteiger partial charge on any atom is 0.128 e. The minimum atomic E-state index is -0.197. The van der Waals surface area contributed by atoms with E-state index < -0.39 is 0 Å². The molecule has 2 aromatic carbocycles. The Morgan fingerprint density at radius 1 is 1.17 bits per heavy atom. The van der Waals surface area contributed by atoms with Crippen molar-refractivity contribution >= 4 is 38.5 Å². The minimum absolute atomic E-state index is 0.143. The molecule has 0 aromatic heterocycles. The summed E-state index contributed by atoms with van der Waals surface area (Å²) in [5.74, 6) is -0.197. The molecule has 0 fully saturated rings. The van der Waals surface area contributed by atoms with Gasteiger partial charge in [-0.05, 0) is 59.5 Å². The predicted octanol–water partition coefficient (Wildman–Crippen LogP) is 4.50. The van der Waals surface area contributed by atoms with Gasteiger partial charge in [-0.3, -0.25) is 0 Å². The number of nitrogens with one attached hydrogen (secondary N) is 1. The molecule has 0 bridgehead atoms. The van der Waals surface area contributed by atoms with E-state index in [9.17, 15) is 4.39 Å². The van der Waals surface area contributed by atoms with E-state index in [1.807, 2.05) is 37.4 Å². The highest BCUT2D eigenvalue weighted by Gasteiger charge is 2.18. The van der Waals surface area contributed by atoms with Crippen LogP contribution in [0, 0.1) is 9.39 Å². The van der Waals surface area contributed by atoms with Gasteiger partial charge in [0.25, 0.3) is 0 Å². The van der Waals surface area contributed by atoms with Crippen LogP contribution in [-0.2, 0) is 0 Å². The monoisotopic (exact) mass is 419 g/mol. The topological polar surface area (TPSA) is 12.0 Å². The number of hydrogen-bond donors (Lipinski definition) is 1. The van der Waals surface area contributed by atoms with Gasteiger partial charge in [-0.1, -0.05) is 34.1 Å². The van der Waals surface area contributed by atoms with Crippen LogP contribution < -0.4 is 5.32 Å². The molecule has 0 saturated carbocycles. The molecule has 0 amide bonds. The number of halogens is 3. The van der Waals surface area contributed by atoms with Crippen LogP contribution in [0.15, 0.2) is 46.9 Å². The molecule has 1 unspecified atom stereocenters. The first-order chi connectivity index (χ1) is 8.63. The first kappa shape index (κ1) is 14.0. The summed E-state index contributed by atoms with van der Waals surface area (Å²) in [6, 6.07) is 12.9. The van der Waals surface area contributed by atoms with Gasteiger partial charge in [0, 0.05) is 13.6 Å². The SMILES string of the molecule is CNC(c1cc(Br)ccc1F)c1ccccc1I. The Balaban J connectivity index is 2.52. The van der Waals surface area contributed by atoms with Crippen molar-refractivity contribution < 1.29 is 4.39 Å². The molecule has 1 nitrogen and oxygen atoms in total. The molecule has 18 heavy (non-hydrogen) atoms. The van der Waals surface area contributed by atoms with Crippen LogP contribution in [0.2, 0.25) is 0 Å². The summed E-state index contributed by atoms with van der Waals surface area (Å²) < 4.78 is 16.0. The molecular formula is C14H12BrFIN. The third-order valence-electron chi connectivity index (χ3n) is 2.77. The molecule has 0 heterocycles. The normalized spacial score (nSPS) is 12.4. The van der Waals surface area contributed by atoms with E-state index in [-0.39, 0.29) is 11.9 Å². The zero-order valence-electron chi connectivity index (χ0n) is 9.75. The van der Waals surface area contributed by atoms with E-state index in [1.54, 1.807) is 6.07 Å². The van der Waals surface area contributed by atoms with Gasteiger partial charge in [0.15, 0.2) is 0 Å². The van der Waals surface area contributed by atoms with Gasteiger partial charge in [-0.2, -0.15) is 0 Å². The van der Waals surface area contributed by atoms with Gasteiger partial charge in [0.1, 0.15) is 5.82 Å². The number of rotatable bonds is 3. The summed E-state index contributed by atoms with van der Waals surface area (Å²) in [4.78, 5) is 0. The van der Waals surface area contributed by atoms with E-state index in [0.29, 0.717) is 5.56 Å². The van der Waals surface area contributed by atoms with Gasteiger partial charge < -0.3 is 5.32 Å². The van der Waals surface area contributed by atoms with Crippen molar-refractivity contribution in [3.63, 3.8) is 0 Å². The van der Waals surface area contributed by atoms with Crippen LogP contribution in [0.25, 0.3) is 0 Å². The van der Waals surface area contributed by atoms with Crippen LogP contribution in [0.4, 0.5) is 4.39 Å². The Labute approximate surface area is 128 Å². The lowest BCUT2D eigenvalue weighted by atomic mass is 9.98. The van der Waals surface area contributed by atoms with E-state index >= 15 is 0 Å². The van der Waals surface area contributed by atoms with Gasteiger partial charge >= 0.3 is 0 Å². The highest BCUT2D eigenvalue weighted by Crippen LogP contribution is 2.29. The third kappa shape index (κ3) is 2.92. The van der Waals surface area contributed by atoms with Gasteiger partial charge in [0.05, 0.1) is 6.04 Å². The molecule has 0 aliphatic carbocycles. The highest BCUT2D eigenvalue weighted by molar-refractivity contribution is 14.1. The first-order valence-corrected chi connectivity index (χ1v) is 7.37. The second-order valence-corrected chi connectivity index (χ2v) is 5.99. The maximum atomic E-state index is 14.0. The van der Waals surface area contributed by atoms with Crippen LogP contribution in [0.5, 0.6) is 0 Å². The quantitative estimate of drug-likeness (QED) is 0.722. The lowest BCUT2D eigenvalue weighted by molar-refractivity contribution is 0.575. The summed E-state index contributed by atoms with van der Waals surface area (Å²) in [5.41, 5.74) is 1.73. The fourth-order valence-corrected chi connectivity index (χ4v) is 3.00. The van der Waals surface area contributed by atoms with Crippen molar-refractivity contribution in [1.29, 1.82) is 0 Å². The molecule has 0 spiro atoms. The molecule has 0 saturated heterocycles. The van der Waals surface area contributed by atoms with Crippen molar-refractivity contribution in [3.05, 3.63) is 67.5 Å². The predicted molar refractivity (Wildman–Crippen MR) is 84.2 cm³/mol. The smallest absolute Gasteiger partial charge is 0.128 e. The Hall–Kier alpha value is -0.460. The summed E-state index contributed by atoms with van der Waals surface area (Å²) in [6.45, 7) is 0. The van der Waals surface area contributed by atoms with Crippen molar-refractivity contribution in [1.82, 2.24) is 5.32 Å². The molecule has 4 heteroatoms. The lowest BCUT2D eigenvalue weighted by Crippen LogP contribution is -2.20. The molecule has 0 radical (unpaired) electrons. The summed E-state index contributed by atoms with van der Waals surface area (Å²) in [6.07, 6.45) is 0. The number of benzene rings is 2. The van der Waals surface area contributed by atoms with Crippen molar-refractivity contribution in [3.8, 4) is 0 Å². The fraction of sp³-hybridized carbons (Fsp3) is 0.143. The molecule has 94 valence electrons. The second-order valence-electron chi connectivity index (χ2n) is 3.91. The van der Waals surface area contributed by atoms with Crippen LogP contribution in [0.3, 0.4) is 0 Å². The van der Waals surface area contributed by atoms with Gasteiger partial charge in [-0.15, -0.1) is 0 Å². The Kier molecular flexibility index (Phi) is 4.75. The zero-order valence-corrected chi connectivity index (χ0v) is 13.5. The second kappa shape index (κ2) is 6.12. The molecule has 1 atom stereocenters. The Morgan fingerprint density at radius 3 is 2.56 bits per heavy atom. The zero-order chi connectivity index (χ0) is 13.1. The van der Waals surface area contributed by atoms with Crippen molar-refractivity contribution in [2.45, 2.75) is 6.04 Å². The average Bonchev–Trinajstić information content (AvgIpc) is 2.36. The molecule has 2 aromatic rings. The van der Waals surface area contributed by atoms with E-state index in [1.165, 1.54) is 6.07 Å². The van der Waals surface area contributed by atoms with Crippen LogP contribution in [-0.4, -0.2) is 7.05 Å². The Bertz CT molecular complexity index is 559. The van der Waals surface area contributed by atoms with E-state index in [2.05, 4.69) is 43.8 Å². The Morgan fingerprint density at radius 2 is 1.89 bits per heavy atom. The van der Waals surface area contributed by atoms with Gasteiger partial charge in [0.2, 0.25) is 0 Å². The molecule has 0 aliphatic heterocycles. The van der Waals surface area contributed by atoms with Crippen molar-refractivity contribution in [2.75, 3.05) is 7.05 Å². The van der Waals surface area contributed by atoms with Crippen LogP contribution >= 0.6 is 38.5 Å². The third-order valence-corrected chi connectivity index (χ3v) is 4.25.